The van der Waals surface area contributed by atoms with Gasteiger partial charge in [-0.05, 0) is 19.1 Å². The minimum atomic E-state index is 0.0205. The summed E-state index contributed by atoms with van der Waals surface area (Å²) in [6, 6.07) is 18.1. The first-order chi connectivity index (χ1) is 15.6. The molecule has 0 radical (unpaired) electrons. The zero-order valence-electron chi connectivity index (χ0n) is 17.9. The van der Waals surface area contributed by atoms with Gasteiger partial charge in [0.1, 0.15) is 0 Å². The van der Waals surface area contributed by atoms with Crippen LogP contribution in [0.2, 0.25) is 0 Å². The minimum absolute atomic E-state index is 0.0205. The van der Waals surface area contributed by atoms with Crippen LogP contribution in [0.4, 0.5) is 0 Å². The van der Waals surface area contributed by atoms with E-state index in [2.05, 4.69) is 28.9 Å². The van der Waals surface area contributed by atoms with E-state index in [0.717, 1.165) is 27.9 Å². The summed E-state index contributed by atoms with van der Waals surface area (Å²) in [5, 5.41) is 19.3. The van der Waals surface area contributed by atoms with Gasteiger partial charge in [0.25, 0.3) is 0 Å². The summed E-state index contributed by atoms with van der Waals surface area (Å²) < 4.78 is 3.96. The number of hydrogen-bond donors (Lipinski definition) is 0. The number of carbonyl (C=O) groups excluding carboxylic acids is 1. The van der Waals surface area contributed by atoms with Crippen molar-refractivity contribution < 1.29 is 4.79 Å². The zero-order chi connectivity index (χ0) is 22.5. The molecular formula is C25H23N5OS. The topological polar surface area (TPSA) is 76.5 Å². The van der Waals surface area contributed by atoms with Gasteiger partial charge in [-0.1, -0.05) is 59.8 Å². The summed E-state index contributed by atoms with van der Waals surface area (Å²) in [5.41, 5.74) is 3.76. The Kier molecular flexibility index (Phi) is 6.52. The first kappa shape index (κ1) is 21.6. The molecule has 4 rings (SSSR count). The normalized spacial score (nSPS) is 10.9. The molecule has 0 fully saturated rings. The number of allylic oxidation sites excluding steroid dienone is 1. The van der Waals surface area contributed by atoms with Gasteiger partial charge in [0.15, 0.2) is 16.8 Å². The number of aryl methyl sites for hydroxylation is 2. The second-order valence-electron chi connectivity index (χ2n) is 7.45. The van der Waals surface area contributed by atoms with Crippen molar-refractivity contribution in [3.8, 4) is 17.5 Å². The Morgan fingerprint density at radius 2 is 2.06 bits per heavy atom. The van der Waals surface area contributed by atoms with Gasteiger partial charge in [0.2, 0.25) is 0 Å². The lowest BCUT2D eigenvalue weighted by Gasteiger charge is -2.08. The van der Waals surface area contributed by atoms with Crippen LogP contribution in [0.25, 0.3) is 22.3 Å². The van der Waals surface area contributed by atoms with Crippen LogP contribution >= 0.6 is 11.8 Å². The summed E-state index contributed by atoms with van der Waals surface area (Å²) in [6.07, 6.45) is 4.06. The van der Waals surface area contributed by atoms with E-state index in [1.165, 1.54) is 11.8 Å². The highest BCUT2D eigenvalue weighted by molar-refractivity contribution is 7.99. The molecule has 0 unspecified atom stereocenters. The zero-order valence-corrected chi connectivity index (χ0v) is 18.7. The fraction of sp³-hybridized carbons (Fsp3) is 0.200. The van der Waals surface area contributed by atoms with Gasteiger partial charge >= 0.3 is 0 Å². The van der Waals surface area contributed by atoms with Crippen LogP contribution in [0.1, 0.15) is 22.3 Å². The lowest BCUT2D eigenvalue weighted by atomic mass is 10.1. The largest absolute Gasteiger partial charge is 0.346 e. The van der Waals surface area contributed by atoms with Gasteiger partial charge < -0.3 is 4.57 Å². The Labute approximate surface area is 191 Å². The SMILES string of the molecule is C=CCn1c(SCC(=O)c2cn(CCC#N)c3ccccc23)nnc1-c1cccc(C)c1. The van der Waals surface area contributed by atoms with Crippen molar-refractivity contribution in [2.45, 2.75) is 31.6 Å². The van der Waals surface area contributed by atoms with Crippen molar-refractivity contribution in [3.05, 3.63) is 78.5 Å². The van der Waals surface area contributed by atoms with E-state index < -0.39 is 0 Å². The maximum atomic E-state index is 13.1. The van der Waals surface area contributed by atoms with Crippen LogP contribution in [0, 0.1) is 18.3 Å². The number of rotatable bonds is 9. The standard InChI is InChI=1S/C25H23N5OS/c1-3-13-30-24(19-9-6-8-18(2)15-19)27-28-25(30)32-17-23(31)21-16-29(14-7-12-26)22-11-5-4-10-20(21)22/h3-6,8-11,15-16H,1,7,13-14,17H2,2H3. The molecule has 0 amide bonds. The molecule has 7 heteroatoms. The third kappa shape index (κ3) is 4.36. The fourth-order valence-corrected chi connectivity index (χ4v) is 4.55. The predicted octanol–water partition coefficient (Wildman–Crippen LogP) is 5.28. The predicted molar refractivity (Wildman–Crippen MR) is 128 cm³/mol. The molecule has 0 atom stereocenters. The molecule has 160 valence electrons. The molecule has 0 saturated heterocycles. The number of benzene rings is 2. The molecule has 2 aromatic heterocycles. The molecule has 0 N–H and O–H groups in total. The van der Waals surface area contributed by atoms with E-state index in [9.17, 15) is 4.79 Å². The fourth-order valence-electron chi connectivity index (χ4n) is 3.72. The molecule has 6 nitrogen and oxygen atoms in total. The first-order valence-electron chi connectivity index (χ1n) is 10.3. The quantitative estimate of drug-likeness (QED) is 0.201. The monoisotopic (exact) mass is 441 g/mol. The van der Waals surface area contributed by atoms with Gasteiger partial charge in [0, 0.05) is 41.3 Å². The maximum absolute atomic E-state index is 13.1. The van der Waals surface area contributed by atoms with E-state index in [-0.39, 0.29) is 11.5 Å². The summed E-state index contributed by atoms with van der Waals surface area (Å²) in [4.78, 5) is 13.1. The van der Waals surface area contributed by atoms with E-state index in [4.69, 9.17) is 5.26 Å². The van der Waals surface area contributed by atoms with Crippen molar-refractivity contribution >= 4 is 28.4 Å². The molecule has 0 aliphatic heterocycles. The van der Waals surface area contributed by atoms with Crippen molar-refractivity contribution in [1.82, 2.24) is 19.3 Å². The number of fused-ring (bicyclic) bond motifs is 1. The van der Waals surface area contributed by atoms with Crippen molar-refractivity contribution in [2.24, 2.45) is 0 Å². The van der Waals surface area contributed by atoms with Crippen molar-refractivity contribution in [3.63, 3.8) is 0 Å². The van der Waals surface area contributed by atoms with Gasteiger partial charge in [-0.25, -0.2) is 0 Å². The van der Waals surface area contributed by atoms with Crippen LogP contribution in [-0.2, 0) is 13.1 Å². The van der Waals surface area contributed by atoms with E-state index in [1.807, 2.05) is 64.7 Å². The highest BCUT2D eigenvalue weighted by atomic mass is 32.2. The number of Topliss-reactive ketones (excluding diaryl/α,β-unsaturated/α-hetero) is 1. The molecular weight excluding hydrogens is 418 g/mol. The van der Waals surface area contributed by atoms with Gasteiger partial charge in [-0.2, -0.15) is 5.26 Å². The van der Waals surface area contributed by atoms with E-state index in [1.54, 1.807) is 6.08 Å². The second-order valence-corrected chi connectivity index (χ2v) is 8.39. The van der Waals surface area contributed by atoms with Gasteiger partial charge in [-0.15, -0.1) is 16.8 Å². The van der Waals surface area contributed by atoms with Crippen LogP contribution in [-0.4, -0.2) is 30.9 Å². The first-order valence-corrected chi connectivity index (χ1v) is 11.3. The Bertz CT molecular complexity index is 1330. The van der Waals surface area contributed by atoms with Gasteiger partial charge in [0.05, 0.1) is 18.2 Å². The Hall–Kier alpha value is -3.63. The molecule has 0 aliphatic rings. The average molecular weight is 442 g/mol. The molecule has 2 heterocycles. The number of aromatic nitrogens is 4. The summed E-state index contributed by atoms with van der Waals surface area (Å²) in [5.74, 6) is 1.03. The summed E-state index contributed by atoms with van der Waals surface area (Å²) in [6.45, 7) is 7.01. The lowest BCUT2D eigenvalue weighted by molar-refractivity contribution is 0.102. The Morgan fingerprint density at radius 3 is 2.84 bits per heavy atom. The van der Waals surface area contributed by atoms with Crippen LogP contribution in [0.5, 0.6) is 0 Å². The number of hydrogen-bond acceptors (Lipinski definition) is 5. The van der Waals surface area contributed by atoms with Crippen molar-refractivity contribution in [2.75, 3.05) is 5.75 Å². The number of nitriles is 1. The summed E-state index contributed by atoms with van der Waals surface area (Å²) >= 11 is 1.38. The van der Waals surface area contributed by atoms with Crippen LogP contribution < -0.4 is 0 Å². The molecule has 0 bridgehead atoms. The van der Waals surface area contributed by atoms with Crippen LogP contribution in [0.15, 0.2) is 72.5 Å². The average Bonchev–Trinajstić information content (AvgIpc) is 3.38. The number of ketones is 1. The lowest BCUT2D eigenvalue weighted by Crippen LogP contribution is -2.05. The maximum Gasteiger partial charge on any atom is 0.192 e. The molecule has 2 aromatic carbocycles. The third-order valence-electron chi connectivity index (χ3n) is 5.19. The number of nitrogens with zero attached hydrogens (tertiary/aromatic N) is 5. The molecule has 0 aliphatic carbocycles. The Balaban J connectivity index is 1.59. The van der Waals surface area contributed by atoms with Crippen molar-refractivity contribution in [1.29, 1.82) is 5.26 Å². The van der Waals surface area contributed by atoms with E-state index in [0.29, 0.717) is 30.2 Å². The molecule has 0 spiro atoms. The van der Waals surface area contributed by atoms with Crippen LogP contribution in [0.3, 0.4) is 0 Å². The molecule has 4 aromatic rings. The number of para-hydroxylation sites is 1. The second kappa shape index (κ2) is 9.67. The molecule has 32 heavy (non-hydrogen) atoms. The smallest absolute Gasteiger partial charge is 0.192 e. The third-order valence-corrected chi connectivity index (χ3v) is 6.16. The minimum Gasteiger partial charge on any atom is -0.346 e. The summed E-state index contributed by atoms with van der Waals surface area (Å²) in [7, 11) is 0. The Morgan fingerprint density at radius 1 is 1.22 bits per heavy atom. The number of thioether (sulfide) groups is 1. The van der Waals surface area contributed by atoms with E-state index >= 15 is 0 Å². The highest BCUT2D eigenvalue weighted by Gasteiger charge is 2.18. The van der Waals surface area contributed by atoms with Gasteiger partial charge in [-0.3, -0.25) is 9.36 Å². The molecule has 0 saturated carbocycles. The highest BCUT2D eigenvalue weighted by Crippen LogP contribution is 2.27. The number of carbonyl (C=O) groups is 1.